The monoisotopic (exact) mass is 276 g/mol. The van der Waals surface area contributed by atoms with Gasteiger partial charge in [0.2, 0.25) is 0 Å². The lowest BCUT2D eigenvalue weighted by Gasteiger charge is -2.22. The van der Waals surface area contributed by atoms with Crippen molar-refractivity contribution in [3.8, 4) is 0 Å². The van der Waals surface area contributed by atoms with Gasteiger partial charge in [0.25, 0.3) is 0 Å². The van der Waals surface area contributed by atoms with Gasteiger partial charge in [0, 0.05) is 19.2 Å². The fraction of sp³-hybridized carbons (Fsp3) is 0.647. The number of aryl methyl sites for hydroxylation is 1. The summed E-state index contributed by atoms with van der Waals surface area (Å²) in [6.07, 6.45) is 2.28. The second kappa shape index (κ2) is 7.77. The van der Waals surface area contributed by atoms with E-state index in [-0.39, 0.29) is 0 Å². The van der Waals surface area contributed by atoms with Crippen LogP contribution in [0.2, 0.25) is 0 Å². The van der Waals surface area contributed by atoms with Crippen molar-refractivity contribution in [2.24, 2.45) is 5.92 Å². The molecule has 1 heterocycles. The highest BCUT2D eigenvalue weighted by Gasteiger charge is 2.22. The smallest absolute Gasteiger partial charge is 0.0471 e. The molecule has 1 aliphatic rings. The maximum absolute atomic E-state index is 9.21. The van der Waals surface area contributed by atoms with Crippen molar-refractivity contribution in [3.05, 3.63) is 35.4 Å². The molecule has 0 aromatic heterocycles. The lowest BCUT2D eigenvalue weighted by molar-refractivity contribution is 0.219. The standard InChI is InChI=1S/C17H28N2O/c1-3-18-17(16-6-4-5-14(2)11-16)8-10-19-9-7-15(12-19)13-20/h4-6,11,15,17-18,20H,3,7-10,12-13H2,1-2H3. The molecule has 0 spiro atoms. The number of hydrogen-bond donors (Lipinski definition) is 2. The largest absolute Gasteiger partial charge is 0.396 e. The molecule has 0 radical (unpaired) electrons. The quantitative estimate of drug-likeness (QED) is 0.802. The molecule has 0 amide bonds. The first-order valence-corrected chi connectivity index (χ1v) is 7.86. The molecule has 1 aromatic carbocycles. The van der Waals surface area contributed by atoms with Crippen molar-refractivity contribution < 1.29 is 5.11 Å². The van der Waals surface area contributed by atoms with Crippen LogP contribution in [0.4, 0.5) is 0 Å². The third-order valence-corrected chi connectivity index (χ3v) is 4.26. The summed E-state index contributed by atoms with van der Waals surface area (Å²) >= 11 is 0. The zero-order chi connectivity index (χ0) is 14.4. The van der Waals surface area contributed by atoms with Crippen LogP contribution < -0.4 is 5.32 Å². The van der Waals surface area contributed by atoms with E-state index >= 15 is 0 Å². The predicted octanol–water partition coefficient (Wildman–Crippen LogP) is 2.35. The highest BCUT2D eigenvalue weighted by Crippen LogP contribution is 2.21. The van der Waals surface area contributed by atoms with Gasteiger partial charge in [0.15, 0.2) is 0 Å². The van der Waals surface area contributed by atoms with Crippen LogP contribution in [0.3, 0.4) is 0 Å². The zero-order valence-corrected chi connectivity index (χ0v) is 12.8. The Hall–Kier alpha value is -0.900. The molecule has 1 fully saturated rings. The zero-order valence-electron chi connectivity index (χ0n) is 12.8. The fourth-order valence-corrected chi connectivity index (χ4v) is 3.10. The Kier molecular flexibility index (Phi) is 6.02. The molecular formula is C17H28N2O. The third-order valence-electron chi connectivity index (χ3n) is 4.26. The van der Waals surface area contributed by atoms with Crippen LogP contribution in [0.1, 0.15) is 36.9 Å². The molecule has 2 unspecified atom stereocenters. The minimum atomic E-state index is 0.338. The second-order valence-electron chi connectivity index (χ2n) is 5.95. The minimum absolute atomic E-state index is 0.338. The number of likely N-dealkylation sites (tertiary alicyclic amines) is 1. The van der Waals surface area contributed by atoms with Crippen LogP contribution in [-0.2, 0) is 0 Å². The van der Waals surface area contributed by atoms with Crippen LogP contribution in [0.25, 0.3) is 0 Å². The van der Waals surface area contributed by atoms with Gasteiger partial charge in [0.05, 0.1) is 0 Å². The van der Waals surface area contributed by atoms with Crippen LogP contribution in [-0.4, -0.2) is 42.8 Å². The molecule has 2 N–H and O–H groups in total. The molecule has 3 heteroatoms. The lowest BCUT2D eigenvalue weighted by atomic mass is 10.0. The van der Waals surface area contributed by atoms with E-state index in [4.69, 9.17) is 0 Å². The Morgan fingerprint density at radius 1 is 1.45 bits per heavy atom. The number of nitrogens with one attached hydrogen (secondary N) is 1. The first-order valence-electron chi connectivity index (χ1n) is 7.86. The Morgan fingerprint density at radius 2 is 2.30 bits per heavy atom. The fourth-order valence-electron chi connectivity index (χ4n) is 3.10. The van der Waals surface area contributed by atoms with E-state index in [1.807, 2.05) is 0 Å². The molecular weight excluding hydrogens is 248 g/mol. The van der Waals surface area contributed by atoms with Crippen molar-refractivity contribution >= 4 is 0 Å². The first-order chi connectivity index (χ1) is 9.72. The topological polar surface area (TPSA) is 35.5 Å². The molecule has 0 aliphatic carbocycles. The predicted molar refractivity (Wildman–Crippen MR) is 83.8 cm³/mol. The maximum Gasteiger partial charge on any atom is 0.0471 e. The van der Waals surface area contributed by atoms with Gasteiger partial charge in [-0.15, -0.1) is 0 Å². The Balaban J connectivity index is 1.89. The van der Waals surface area contributed by atoms with Gasteiger partial charge in [-0.3, -0.25) is 0 Å². The van der Waals surface area contributed by atoms with Gasteiger partial charge in [-0.25, -0.2) is 0 Å². The summed E-state index contributed by atoms with van der Waals surface area (Å²) in [7, 11) is 0. The summed E-state index contributed by atoms with van der Waals surface area (Å²) in [5, 5.41) is 12.8. The summed E-state index contributed by atoms with van der Waals surface area (Å²) < 4.78 is 0. The molecule has 1 saturated heterocycles. The number of benzene rings is 1. The average Bonchev–Trinajstić information content (AvgIpc) is 2.91. The van der Waals surface area contributed by atoms with Crippen LogP contribution in [0.5, 0.6) is 0 Å². The molecule has 0 saturated carbocycles. The van der Waals surface area contributed by atoms with E-state index < -0.39 is 0 Å². The highest BCUT2D eigenvalue weighted by molar-refractivity contribution is 5.25. The molecule has 20 heavy (non-hydrogen) atoms. The van der Waals surface area contributed by atoms with E-state index in [0.717, 1.165) is 39.0 Å². The van der Waals surface area contributed by atoms with E-state index in [9.17, 15) is 5.11 Å². The molecule has 1 aliphatic heterocycles. The average molecular weight is 276 g/mol. The van der Waals surface area contributed by atoms with Crippen molar-refractivity contribution in [3.63, 3.8) is 0 Å². The van der Waals surface area contributed by atoms with Gasteiger partial charge in [-0.05, 0) is 50.9 Å². The summed E-state index contributed by atoms with van der Waals surface area (Å²) in [4.78, 5) is 2.49. The minimum Gasteiger partial charge on any atom is -0.396 e. The molecule has 2 rings (SSSR count). The Morgan fingerprint density at radius 3 is 2.95 bits per heavy atom. The van der Waals surface area contributed by atoms with E-state index in [2.05, 4.69) is 48.3 Å². The molecule has 0 bridgehead atoms. The van der Waals surface area contributed by atoms with E-state index in [1.54, 1.807) is 0 Å². The van der Waals surface area contributed by atoms with Gasteiger partial charge in [0.1, 0.15) is 0 Å². The summed E-state index contributed by atoms with van der Waals surface area (Å²) in [5.74, 6) is 0.492. The second-order valence-corrected chi connectivity index (χ2v) is 5.95. The Bertz CT molecular complexity index is 408. The number of aliphatic hydroxyl groups is 1. The molecule has 2 atom stereocenters. The number of aliphatic hydroxyl groups excluding tert-OH is 1. The first kappa shape index (κ1) is 15.5. The normalized spacial score (nSPS) is 21.2. The van der Waals surface area contributed by atoms with Crippen molar-refractivity contribution in [1.29, 1.82) is 0 Å². The van der Waals surface area contributed by atoms with Crippen molar-refractivity contribution in [1.82, 2.24) is 10.2 Å². The lowest BCUT2D eigenvalue weighted by Crippen LogP contribution is -2.28. The van der Waals surface area contributed by atoms with Gasteiger partial charge in [-0.1, -0.05) is 36.8 Å². The molecule has 3 nitrogen and oxygen atoms in total. The summed E-state index contributed by atoms with van der Waals surface area (Å²) in [6.45, 7) is 8.96. The summed E-state index contributed by atoms with van der Waals surface area (Å²) in [6, 6.07) is 9.24. The summed E-state index contributed by atoms with van der Waals surface area (Å²) in [5.41, 5.74) is 2.72. The van der Waals surface area contributed by atoms with Crippen LogP contribution >= 0.6 is 0 Å². The van der Waals surface area contributed by atoms with E-state index in [1.165, 1.54) is 11.1 Å². The van der Waals surface area contributed by atoms with E-state index in [0.29, 0.717) is 18.6 Å². The maximum atomic E-state index is 9.21. The van der Waals surface area contributed by atoms with Gasteiger partial charge >= 0.3 is 0 Å². The van der Waals surface area contributed by atoms with Gasteiger partial charge < -0.3 is 15.3 Å². The Labute approximate surface area is 123 Å². The number of hydrogen-bond acceptors (Lipinski definition) is 3. The number of rotatable bonds is 7. The SMILES string of the molecule is CCNC(CCN1CCC(CO)C1)c1cccc(C)c1. The van der Waals surface area contributed by atoms with Crippen LogP contribution in [0.15, 0.2) is 24.3 Å². The molecule has 112 valence electrons. The molecule has 1 aromatic rings. The van der Waals surface area contributed by atoms with Crippen LogP contribution in [0, 0.1) is 12.8 Å². The number of nitrogens with zero attached hydrogens (tertiary/aromatic N) is 1. The highest BCUT2D eigenvalue weighted by atomic mass is 16.3. The van der Waals surface area contributed by atoms with Crippen molar-refractivity contribution in [2.45, 2.75) is 32.7 Å². The van der Waals surface area contributed by atoms with Crippen molar-refractivity contribution in [2.75, 3.05) is 32.8 Å². The third kappa shape index (κ3) is 4.30. The van der Waals surface area contributed by atoms with Gasteiger partial charge in [-0.2, -0.15) is 0 Å².